The number of aromatic nitrogens is 2. The van der Waals surface area contributed by atoms with Gasteiger partial charge in [0.25, 0.3) is 17.4 Å². The fourth-order valence-electron chi connectivity index (χ4n) is 16.5. The third-order valence-electron chi connectivity index (χ3n) is 24.8. The number of primary amides is 1. The summed E-state index contributed by atoms with van der Waals surface area (Å²) in [6.07, 6.45) is -10.0. The SMILES string of the molecule is CC[C@@]1(O)C(=O)OCc2c1cc1n(c2=O)Cc2c-1nc1cc(F)c(C)c3c1c2[C@@H](NC(=O)OCc1ccc(NC(=O)[C@H](CCCNC(N)=O)NC(=O)[C@@H](NC(=O)[C@H](CCCCNC(=O)CCOCCOCCOCCOCCOCCOCCOCCOCCOCCOCCOCCOCCN(C[C@@H](O)[C@@H](O)[C@H](O)[C@H](O)CO)C[C@@H](O)[C@@H](O)[C@H](O)[C@H](O)CO)NC(=O)CCCCCN2C(=O)C=CC2=O)C(C)C)cc1)CC3. The molecule has 8 rings (SSSR count). The van der Waals surface area contributed by atoms with Gasteiger partial charge >= 0.3 is 18.1 Å². The van der Waals surface area contributed by atoms with Crippen LogP contribution in [-0.4, -0.2) is 413 Å². The Balaban J connectivity index is 0.642. The molecule has 48 nitrogen and oxygen atoms in total. The minimum Gasteiger partial charge on any atom is -0.458 e. The third kappa shape index (κ3) is 40.0. The normalized spacial score (nSPS) is 17.0. The number of cyclic esters (lactones) is 1. The number of ether oxygens (including phenoxy) is 14. The number of esters is 1. The topological polar surface area (TPSA) is 674 Å². The Bertz CT molecular complexity index is 4830. The summed E-state index contributed by atoms with van der Waals surface area (Å²) in [7, 11) is 0. The summed E-state index contributed by atoms with van der Waals surface area (Å²) in [5.74, 6) is -5.65. The molecule has 49 heteroatoms. The van der Waals surface area contributed by atoms with Crippen LogP contribution in [0.25, 0.3) is 22.3 Å². The van der Waals surface area contributed by atoms with E-state index in [0.717, 1.165) is 4.90 Å². The first-order chi connectivity index (χ1) is 70.7. The summed E-state index contributed by atoms with van der Waals surface area (Å²) in [5, 5.41) is 131. The average Bonchev–Trinajstić information content (AvgIpc) is 1.55. The number of hydrogen-bond donors (Lipinski definition) is 19. The van der Waals surface area contributed by atoms with E-state index >= 15 is 4.39 Å². The number of unbranched alkanes of at least 4 members (excludes halogenated alkanes) is 3. The van der Waals surface area contributed by atoms with Crippen molar-refractivity contribution in [1.82, 2.24) is 51.3 Å². The van der Waals surface area contributed by atoms with E-state index in [0.29, 0.717) is 195 Å². The molecule has 3 aliphatic heterocycles. The van der Waals surface area contributed by atoms with Gasteiger partial charge in [-0.25, -0.2) is 23.8 Å². The van der Waals surface area contributed by atoms with Gasteiger partial charge in [0.2, 0.25) is 29.5 Å². The number of benzene rings is 2. The number of amides is 10. The Morgan fingerprint density at radius 1 is 0.565 bits per heavy atom. The van der Waals surface area contributed by atoms with Crippen molar-refractivity contribution >= 4 is 76.0 Å². The summed E-state index contributed by atoms with van der Waals surface area (Å²) in [6, 6.07) is 4.02. The van der Waals surface area contributed by atoms with E-state index < -0.39 is 176 Å². The zero-order valence-corrected chi connectivity index (χ0v) is 83.9. The van der Waals surface area contributed by atoms with Gasteiger partial charge in [-0.05, 0) is 118 Å². The van der Waals surface area contributed by atoms with Crippen LogP contribution in [0.15, 0.2) is 53.3 Å². The average molecular weight is 2090 g/mol. The van der Waals surface area contributed by atoms with Crippen molar-refractivity contribution in [3.05, 3.63) is 104 Å². The van der Waals surface area contributed by atoms with Crippen molar-refractivity contribution in [2.24, 2.45) is 11.7 Å². The lowest BCUT2D eigenvalue weighted by atomic mass is 9.81. The van der Waals surface area contributed by atoms with E-state index in [1.807, 2.05) is 0 Å². The van der Waals surface area contributed by atoms with Crippen molar-refractivity contribution in [2.75, 3.05) is 216 Å². The summed E-state index contributed by atoms with van der Waals surface area (Å²) in [6.45, 7) is 11.1. The maximum Gasteiger partial charge on any atom is 0.407 e. The van der Waals surface area contributed by atoms with Crippen molar-refractivity contribution in [3.63, 3.8) is 0 Å². The molecule has 0 saturated carbocycles. The molecule has 4 aliphatic rings. The van der Waals surface area contributed by atoms with Gasteiger partial charge in [-0.15, -0.1) is 0 Å². The van der Waals surface area contributed by atoms with E-state index in [9.17, 15) is 98.7 Å². The predicted octanol–water partition coefficient (Wildman–Crippen LogP) is -2.53. The maximum atomic E-state index is 15.6. The minimum absolute atomic E-state index is 0.000219. The minimum atomic E-state index is -2.09. The highest BCUT2D eigenvalue weighted by atomic mass is 19.1. The molecule has 2 aromatic heterocycles. The number of carbonyl (C=O) groups is 10. The van der Waals surface area contributed by atoms with Crippen LogP contribution in [0.1, 0.15) is 143 Å². The zero-order chi connectivity index (χ0) is 107. The second-order valence-electron chi connectivity index (χ2n) is 35.9. The predicted molar refractivity (Wildman–Crippen MR) is 520 cm³/mol. The van der Waals surface area contributed by atoms with Gasteiger partial charge in [0.15, 0.2) is 5.60 Å². The molecule has 0 spiro atoms. The number of urea groups is 1. The molecule has 2 aromatic carbocycles. The molecule has 147 heavy (non-hydrogen) atoms. The lowest BCUT2D eigenvalue weighted by molar-refractivity contribution is -0.172. The fraction of sp³-hybridized carbons (Fsp3) is 0.673. The van der Waals surface area contributed by atoms with Gasteiger partial charge in [-0.3, -0.25) is 48.2 Å². The molecule has 0 radical (unpaired) electrons. The largest absolute Gasteiger partial charge is 0.458 e. The fourth-order valence-corrected chi connectivity index (χ4v) is 16.5. The Morgan fingerprint density at radius 2 is 1.06 bits per heavy atom. The number of fused-ring (bicyclic) bond motifs is 5. The van der Waals surface area contributed by atoms with Gasteiger partial charge in [-0.1, -0.05) is 39.3 Å². The Labute approximate surface area is 851 Å². The first-order valence-electron chi connectivity index (χ1n) is 49.9. The van der Waals surface area contributed by atoms with E-state index in [4.69, 9.17) is 87.2 Å². The van der Waals surface area contributed by atoms with Crippen LogP contribution in [0.3, 0.4) is 0 Å². The third-order valence-corrected chi connectivity index (χ3v) is 24.8. The molecule has 0 unspecified atom stereocenters. The Kier molecular flexibility index (Phi) is 54.8. The molecule has 10 amide bonds. The van der Waals surface area contributed by atoms with E-state index in [-0.39, 0.29) is 166 Å². The molecular weight excluding hydrogens is 1940 g/mol. The van der Waals surface area contributed by atoms with Crippen LogP contribution in [0.2, 0.25) is 0 Å². The molecule has 0 bridgehead atoms. The molecule has 0 fully saturated rings. The monoisotopic (exact) mass is 2090 g/mol. The maximum absolute atomic E-state index is 15.6. The summed E-state index contributed by atoms with van der Waals surface area (Å²) < 4.78 is 94.6. The van der Waals surface area contributed by atoms with Crippen LogP contribution in [0, 0.1) is 18.7 Å². The van der Waals surface area contributed by atoms with Crippen LogP contribution < -0.4 is 48.5 Å². The Morgan fingerprint density at radius 3 is 1.57 bits per heavy atom. The number of hydrogen-bond acceptors (Lipinski definition) is 38. The van der Waals surface area contributed by atoms with Gasteiger partial charge in [0.1, 0.15) is 73.8 Å². The van der Waals surface area contributed by atoms with E-state index in [1.54, 1.807) is 58.0 Å². The van der Waals surface area contributed by atoms with E-state index in [2.05, 4.69) is 37.2 Å². The molecule has 5 heterocycles. The second-order valence-corrected chi connectivity index (χ2v) is 35.9. The highest BCUT2D eigenvalue weighted by Crippen LogP contribution is 2.46. The first kappa shape index (κ1) is 122. The number of carbonyl (C=O) groups excluding carboxylic acids is 10. The van der Waals surface area contributed by atoms with Crippen LogP contribution >= 0.6 is 0 Å². The summed E-state index contributed by atoms with van der Waals surface area (Å²) in [5.41, 5.74) is 7.06. The number of alkyl carbamates (subject to hydrolysis) is 1. The van der Waals surface area contributed by atoms with Crippen molar-refractivity contribution in [2.45, 2.75) is 210 Å². The quantitative estimate of drug-likeness (QED) is 0.0108. The highest BCUT2D eigenvalue weighted by Gasteiger charge is 2.47. The number of nitrogens with zero attached hydrogens (tertiary/aromatic N) is 4. The highest BCUT2D eigenvalue weighted by molar-refractivity contribution is 6.13. The van der Waals surface area contributed by atoms with Gasteiger partial charge in [0, 0.05) is 92.5 Å². The number of nitrogens with two attached hydrogens (primary N) is 1. The molecule has 20 N–H and O–H groups in total. The number of anilines is 1. The number of halogens is 1. The number of aliphatic hydroxyl groups is 11. The second kappa shape index (κ2) is 65.9. The lowest BCUT2D eigenvalue weighted by Crippen LogP contribution is -2.57. The number of aliphatic hydroxyl groups excluding tert-OH is 10. The number of pyridine rings is 2. The first-order valence-corrected chi connectivity index (χ1v) is 49.9. The summed E-state index contributed by atoms with van der Waals surface area (Å²) >= 11 is 0. The summed E-state index contributed by atoms with van der Waals surface area (Å²) in [4.78, 5) is 153. The number of imide groups is 1. The van der Waals surface area contributed by atoms with Crippen LogP contribution in [0.4, 0.5) is 19.7 Å². The molecule has 4 aromatic rings. The van der Waals surface area contributed by atoms with Gasteiger partial charge < -0.3 is 170 Å². The smallest absolute Gasteiger partial charge is 0.407 e. The number of rotatable bonds is 78. The molecule has 0 saturated heterocycles. The number of aryl methyl sites for hydroxylation is 1. The molecule has 1 aliphatic carbocycles. The Hall–Kier alpha value is -9.99. The van der Waals surface area contributed by atoms with Crippen LogP contribution in [-0.2, 0) is 136 Å². The van der Waals surface area contributed by atoms with Crippen molar-refractivity contribution in [1.29, 1.82) is 0 Å². The van der Waals surface area contributed by atoms with E-state index in [1.165, 1.54) is 27.7 Å². The molecule has 13 atom stereocenters. The van der Waals surface area contributed by atoms with Crippen molar-refractivity contribution < 1.29 is 175 Å². The number of nitrogens with one attached hydrogen (secondary N) is 7. The standard InChI is InChI=1S/C98H149FN12O36/c1-5-98(133)68-52-74-86-66(54-111(74)94(129)67(68)60-146-95(98)130)84-70(20-19-65-62(4)69(99)53-73(105-86)83(65)84)107-97(132)147-59-63-15-17-64(18-16-63)103-91(126)72(13-11-25-102-96(100)131)106-93(128)85(61(2)3)108-92(127)71(104-80(119)14-7-6-10-26-110-81(120)21-22-82(110)121)12-8-9-24-101-79(118)23-28-134-30-32-136-34-36-138-38-40-140-42-44-142-46-48-144-50-51-145-49-47-143-45-43-141-41-39-139-37-35-137-33-31-135-29-27-109(55-75(114)87(122)89(124)77(116)57-112)56-76(115)88(123)90(125)78(117)58-113/h15-18,21-22,52-53,61,70-72,75-78,85,87-90,112-117,122-125,133H,5-14,19-20,23-51,54-60H2,1-4H3,(H,101,118)(H,103,126)(H,104,119)(H,106,128)(H,107,132)(H,108,127)(H3,100,102,131)/t70-,71-,72-,75+,76+,77+,78+,85-,87+,88+,89+,90+,98-/m0/s1. The van der Waals surface area contributed by atoms with Crippen molar-refractivity contribution in [3.8, 4) is 11.4 Å². The zero-order valence-electron chi connectivity index (χ0n) is 83.9. The molecular formula is C98H149FN12O36. The van der Waals surface area contributed by atoms with Gasteiger partial charge in [0.05, 0.1) is 219 Å². The van der Waals surface area contributed by atoms with Crippen LogP contribution in [0.5, 0.6) is 0 Å². The lowest BCUT2D eigenvalue weighted by Gasteiger charge is -2.33. The van der Waals surface area contributed by atoms with Gasteiger partial charge in [-0.2, -0.15) is 0 Å². The molecule has 824 valence electrons.